The molecular formula is C31H38N3+. The lowest BCUT2D eigenvalue weighted by Gasteiger charge is -2.11. The molecule has 0 fully saturated rings. The van der Waals surface area contributed by atoms with Crippen molar-refractivity contribution in [2.24, 2.45) is 0 Å². The average Bonchev–Trinajstić information content (AvgIpc) is 3.14. The molecule has 3 heteroatoms. The van der Waals surface area contributed by atoms with Crippen LogP contribution in [0.5, 0.6) is 0 Å². The second-order valence-electron chi connectivity index (χ2n) is 9.37. The number of nitrogens with zero attached hydrogens (tertiary/aromatic N) is 3. The number of hydrogen-bond donors (Lipinski definition) is 0. The number of pyridine rings is 1. The molecule has 2 aromatic heterocycles. The molecule has 34 heavy (non-hydrogen) atoms. The lowest BCUT2D eigenvalue weighted by atomic mass is 10.1. The van der Waals surface area contributed by atoms with E-state index in [0.29, 0.717) is 0 Å². The number of aryl methyl sites for hydroxylation is 2. The molecule has 0 atom stereocenters. The largest absolute Gasteiger partial charge is 0.378 e. The van der Waals surface area contributed by atoms with E-state index in [0.717, 1.165) is 6.54 Å². The van der Waals surface area contributed by atoms with Crippen LogP contribution in [0, 0.1) is 6.92 Å². The summed E-state index contributed by atoms with van der Waals surface area (Å²) >= 11 is 0. The highest BCUT2D eigenvalue weighted by Gasteiger charge is 2.23. The van der Waals surface area contributed by atoms with Crippen molar-refractivity contribution in [3.05, 3.63) is 89.7 Å². The van der Waals surface area contributed by atoms with E-state index in [2.05, 4.69) is 127 Å². The zero-order valence-electron chi connectivity index (χ0n) is 21.2. The summed E-state index contributed by atoms with van der Waals surface area (Å²) < 4.78 is 4.87. The highest BCUT2D eigenvalue weighted by atomic mass is 15.1. The van der Waals surface area contributed by atoms with Crippen LogP contribution in [0.2, 0.25) is 0 Å². The molecule has 0 radical (unpaired) electrons. The molecule has 2 heterocycles. The molecule has 3 nitrogen and oxygen atoms in total. The van der Waals surface area contributed by atoms with Crippen molar-refractivity contribution in [1.29, 1.82) is 0 Å². The Kier molecular flexibility index (Phi) is 7.84. The van der Waals surface area contributed by atoms with Gasteiger partial charge in [-0.2, -0.15) is 4.40 Å². The van der Waals surface area contributed by atoms with E-state index in [1.165, 1.54) is 71.5 Å². The van der Waals surface area contributed by atoms with Gasteiger partial charge in [0.2, 0.25) is 0 Å². The van der Waals surface area contributed by atoms with E-state index >= 15 is 0 Å². The predicted molar refractivity (Wildman–Crippen MR) is 146 cm³/mol. The SMILES string of the molecule is CCCCCCC[n+]1c(-c2ccccc2)c(C)n2ccc(C=Cc3ccc(N(C)C)cc3)cc21. The van der Waals surface area contributed by atoms with Crippen molar-refractivity contribution in [2.45, 2.75) is 52.5 Å². The third kappa shape index (κ3) is 5.41. The van der Waals surface area contributed by atoms with Gasteiger partial charge in [-0.15, -0.1) is 0 Å². The molecule has 4 rings (SSSR count). The summed E-state index contributed by atoms with van der Waals surface area (Å²) in [5.74, 6) is 0. The molecular weight excluding hydrogens is 414 g/mol. The van der Waals surface area contributed by atoms with Crippen molar-refractivity contribution in [2.75, 3.05) is 19.0 Å². The number of benzene rings is 2. The number of unbranched alkanes of at least 4 members (excludes halogenated alkanes) is 4. The van der Waals surface area contributed by atoms with Gasteiger partial charge < -0.3 is 4.90 Å². The Morgan fingerprint density at radius 2 is 1.53 bits per heavy atom. The van der Waals surface area contributed by atoms with Crippen LogP contribution in [0.1, 0.15) is 55.8 Å². The van der Waals surface area contributed by atoms with E-state index in [9.17, 15) is 0 Å². The summed E-state index contributed by atoms with van der Waals surface area (Å²) in [6, 6.07) is 24.1. The Hall–Kier alpha value is -3.33. The maximum atomic E-state index is 2.53. The first-order valence-corrected chi connectivity index (χ1v) is 12.6. The van der Waals surface area contributed by atoms with E-state index in [1.54, 1.807) is 0 Å². The van der Waals surface area contributed by atoms with Crippen LogP contribution < -0.4 is 9.47 Å². The van der Waals surface area contributed by atoms with Crippen LogP contribution in [0.3, 0.4) is 0 Å². The minimum absolute atomic E-state index is 1.05. The Morgan fingerprint density at radius 1 is 0.824 bits per heavy atom. The Bertz CT molecular complexity index is 1230. The molecule has 0 bridgehead atoms. The third-order valence-corrected chi connectivity index (χ3v) is 6.62. The zero-order chi connectivity index (χ0) is 23.9. The fraction of sp³-hybridized carbons (Fsp3) is 0.323. The molecule has 0 aliphatic carbocycles. The molecule has 0 spiro atoms. The fourth-order valence-corrected chi connectivity index (χ4v) is 4.66. The predicted octanol–water partition coefficient (Wildman–Crippen LogP) is 7.41. The molecule has 0 aliphatic heterocycles. The van der Waals surface area contributed by atoms with Gasteiger partial charge in [0.05, 0.1) is 12.7 Å². The van der Waals surface area contributed by atoms with Gasteiger partial charge in [-0.05, 0) is 42.2 Å². The highest BCUT2D eigenvalue weighted by molar-refractivity contribution is 5.72. The minimum atomic E-state index is 1.05. The minimum Gasteiger partial charge on any atom is -0.378 e. The van der Waals surface area contributed by atoms with Crippen LogP contribution in [-0.4, -0.2) is 18.5 Å². The Balaban J connectivity index is 1.67. The van der Waals surface area contributed by atoms with Gasteiger partial charge in [0.25, 0.3) is 5.65 Å². The van der Waals surface area contributed by atoms with E-state index in [1.807, 2.05) is 0 Å². The third-order valence-electron chi connectivity index (χ3n) is 6.62. The van der Waals surface area contributed by atoms with Gasteiger partial charge >= 0.3 is 0 Å². The van der Waals surface area contributed by atoms with Crippen LogP contribution in [0.4, 0.5) is 5.69 Å². The second-order valence-corrected chi connectivity index (χ2v) is 9.37. The number of rotatable bonds is 10. The van der Waals surface area contributed by atoms with Crippen molar-refractivity contribution in [3.8, 4) is 11.3 Å². The van der Waals surface area contributed by atoms with Gasteiger partial charge in [-0.3, -0.25) is 0 Å². The van der Waals surface area contributed by atoms with Crippen molar-refractivity contribution in [1.82, 2.24) is 4.40 Å². The van der Waals surface area contributed by atoms with Crippen LogP contribution in [0.15, 0.2) is 72.9 Å². The standard InChI is InChI=1S/C31H38N3/c1-5-6-7-8-12-22-34-30-24-27(16-15-26-17-19-29(20-18-26)32(3)4)21-23-33(30)25(2)31(34)28-13-10-9-11-14-28/h9-11,13-21,23-24H,5-8,12,22H2,1-4H3/q+1. The number of aromatic nitrogens is 2. The maximum Gasteiger partial charge on any atom is 0.287 e. The second kappa shape index (κ2) is 11.2. The molecule has 0 amide bonds. The molecule has 0 aliphatic rings. The lowest BCUT2D eigenvalue weighted by molar-refractivity contribution is -0.661. The number of anilines is 1. The highest BCUT2D eigenvalue weighted by Crippen LogP contribution is 2.24. The van der Waals surface area contributed by atoms with Gasteiger partial charge in [0.1, 0.15) is 0 Å². The average molecular weight is 453 g/mol. The van der Waals surface area contributed by atoms with Crippen molar-refractivity contribution >= 4 is 23.5 Å². The molecule has 0 N–H and O–H groups in total. The Labute approximate surface area is 205 Å². The Morgan fingerprint density at radius 3 is 2.24 bits per heavy atom. The fourth-order valence-electron chi connectivity index (χ4n) is 4.66. The molecule has 176 valence electrons. The smallest absolute Gasteiger partial charge is 0.287 e. The monoisotopic (exact) mass is 452 g/mol. The summed E-state index contributed by atoms with van der Waals surface area (Å²) in [6.07, 6.45) is 13.1. The quantitative estimate of drug-likeness (QED) is 0.180. The number of hydrogen-bond acceptors (Lipinski definition) is 1. The van der Waals surface area contributed by atoms with Crippen LogP contribution >= 0.6 is 0 Å². The molecule has 0 unspecified atom stereocenters. The normalized spacial score (nSPS) is 11.5. The van der Waals surface area contributed by atoms with Gasteiger partial charge in [-0.25, -0.2) is 4.57 Å². The zero-order valence-corrected chi connectivity index (χ0v) is 21.2. The van der Waals surface area contributed by atoms with Crippen molar-refractivity contribution < 1.29 is 4.57 Å². The molecule has 4 aromatic rings. The molecule has 0 saturated carbocycles. The summed E-state index contributed by atoms with van der Waals surface area (Å²) in [7, 11) is 4.14. The maximum absolute atomic E-state index is 2.53. The van der Waals surface area contributed by atoms with Crippen molar-refractivity contribution in [3.63, 3.8) is 0 Å². The van der Waals surface area contributed by atoms with Crippen LogP contribution in [0.25, 0.3) is 29.1 Å². The van der Waals surface area contributed by atoms with Gasteiger partial charge in [-0.1, -0.05) is 80.8 Å². The molecule has 0 saturated heterocycles. The first-order chi connectivity index (χ1) is 16.6. The first kappa shape index (κ1) is 23.8. The lowest BCUT2D eigenvalue weighted by Crippen LogP contribution is -2.35. The summed E-state index contributed by atoms with van der Waals surface area (Å²) in [4.78, 5) is 2.13. The van der Waals surface area contributed by atoms with E-state index < -0.39 is 0 Å². The molecule has 2 aromatic carbocycles. The number of fused-ring (bicyclic) bond motifs is 1. The van der Waals surface area contributed by atoms with Gasteiger partial charge in [0.15, 0.2) is 11.4 Å². The summed E-state index contributed by atoms with van der Waals surface area (Å²) in [5, 5.41) is 0. The van der Waals surface area contributed by atoms with Gasteiger partial charge in [0, 0.05) is 38.3 Å². The van der Waals surface area contributed by atoms with Crippen LogP contribution in [-0.2, 0) is 6.54 Å². The summed E-state index contributed by atoms with van der Waals surface area (Å²) in [6.45, 7) is 5.56. The topological polar surface area (TPSA) is 11.5 Å². The summed E-state index contributed by atoms with van der Waals surface area (Å²) in [5.41, 5.74) is 8.83. The van der Waals surface area contributed by atoms with E-state index in [4.69, 9.17) is 0 Å². The van der Waals surface area contributed by atoms with E-state index in [-0.39, 0.29) is 0 Å². The first-order valence-electron chi connectivity index (χ1n) is 12.6. The number of imidazole rings is 1.